The van der Waals surface area contributed by atoms with Crippen molar-refractivity contribution in [2.24, 2.45) is 0 Å². The molecule has 0 saturated carbocycles. The van der Waals surface area contributed by atoms with Crippen LogP contribution in [0.1, 0.15) is 46.4 Å². The first-order valence-electron chi connectivity index (χ1n) is 8.73. The molecule has 0 radical (unpaired) electrons. The molecule has 2 nitrogen and oxygen atoms in total. The third-order valence-electron chi connectivity index (χ3n) is 4.61. The predicted octanol–water partition coefficient (Wildman–Crippen LogP) is 4.88. The second kappa shape index (κ2) is 8.23. The Bertz CT molecular complexity index is 732. The van der Waals surface area contributed by atoms with Gasteiger partial charge in [0.1, 0.15) is 0 Å². The monoisotopic (exact) mass is 365 g/mol. The van der Waals surface area contributed by atoms with Crippen LogP contribution in [0, 0.1) is 20.8 Å². The van der Waals surface area contributed by atoms with Gasteiger partial charge in [-0.15, -0.1) is 0 Å². The molecule has 2 rings (SSSR count). The Morgan fingerprint density at radius 3 is 2.23 bits per heavy atom. The summed E-state index contributed by atoms with van der Waals surface area (Å²) in [6, 6.07) is 9.24. The van der Waals surface area contributed by atoms with E-state index >= 15 is 0 Å². The van der Waals surface area contributed by atoms with Crippen molar-refractivity contribution in [2.45, 2.75) is 52.4 Å². The van der Waals surface area contributed by atoms with Gasteiger partial charge in [0, 0.05) is 12.6 Å². The van der Waals surface area contributed by atoms with Crippen LogP contribution in [-0.4, -0.2) is 17.7 Å². The minimum absolute atomic E-state index is 0.0931. The number of hydrogen-bond acceptors (Lipinski definition) is 2. The van der Waals surface area contributed by atoms with Crippen LogP contribution in [0.4, 0.5) is 13.2 Å². The lowest BCUT2D eigenvalue weighted by Gasteiger charge is -2.20. The number of aryl methyl sites for hydroxylation is 3. The van der Waals surface area contributed by atoms with Crippen LogP contribution in [0.3, 0.4) is 0 Å². The molecule has 0 aliphatic heterocycles. The van der Waals surface area contributed by atoms with E-state index in [1.807, 2.05) is 6.92 Å². The number of halogens is 3. The number of alkyl halides is 3. The largest absolute Gasteiger partial charge is 0.416 e. The fourth-order valence-electron chi connectivity index (χ4n) is 3.26. The molecule has 2 atom stereocenters. The van der Waals surface area contributed by atoms with Crippen molar-refractivity contribution in [3.05, 3.63) is 69.8 Å². The summed E-state index contributed by atoms with van der Waals surface area (Å²) in [5, 5.41) is 13.5. The molecule has 0 fully saturated rings. The van der Waals surface area contributed by atoms with Gasteiger partial charge in [-0.05, 0) is 68.5 Å². The second-order valence-electron chi connectivity index (χ2n) is 7.03. The summed E-state index contributed by atoms with van der Waals surface area (Å²) < 4.78 is 38.4. The van der Waals surface area contributed by atoms with Gasteiger partial charge < -0.3 is 10.4 Å². The first kappa shape index (κ1) is 20.5. The molecule has 0 bridgehead atoms. The number of aliphatic hydroxyl groups excluding tert-OH is 1. The molecule has 0 heterocycles. The van der Waals surface area contributed by atoms with Crippen LogP contribution in [-0.2, 0) is 12.6 Å². The zero-order valence-corrected chi connectivity index (χ0v) is 15.6. The van der Waals surface area contributed by atoms with Crippen LogP contribution in [0.2, 0.25) is 0 Å². The summed E-state index contributed by atoms with van der Waals surface area (Å²) in [6.07, 6.45) is -4.59. The van der Waals surface area contributed by atoms with Gasteiger partial charge in [0.2, 0.25) is 0 Å². The number of aliphatic hydroxyl groups is 1. The summed E-state index contributed by atoms with van der Waals surface area (Å²) in [7, 11) is 0. The van der Waals surface area contributed by atoms with E-state index in [1.165, 1.54) is 34.4 Å². The average Bonchev–Trinajstić information content (AvgIpc) is 2.55. The highest BCUT2D eigenvalue weighted by molar-refractivity contribution is 5.38. The van der Waals surface area contributed by atoms with Crippen LogP contribution in [0.25, 0.3) is 0 Å². The smallest absolute Gasteiger partial charge is 0.387 e. The minimum atomic E-state index is -4.41. The quantitative estimate of drug-likeness (QED) is 0.764. The van der Waals surface area contributed by atoms with Crippen molar-refractivity contribution in [2.75, 3.05) is 6.54 Å². The number of nitrogens with one attached hydrogen (secondary N) is 1. The lowest BCUT2D eigenvalue weighted by atomic mass is 9.95. The fraction of sp³-hybridized carbons (Fsp3) is 0.429. The highest BCUT2D eigenvalue weighted by Crippen LogP contribution is 2.30. The standard InChI is InChI=1S/C21H26F3NO/c1-13-8-14(2)19(15(3)9-13)10-16(4)25-12-20(26)17-6-5-7-18(11-17)21(22,23)24/h5-9,11,16,20,25-26H,10,12H2,1-4H3. The zero-order chi connectivity index (χ0) is 19.5. The maximum atomic E-state index is 12.8. The summed E-state index contributed by atoms with van der Waals surface area (Å²) in [6.45, 7) is 8.44. The van der Waals surface area contributed by atoms with E-state index in [0.29, 0.717) is 0 Å². The Hall–Kier alpha value is -1.85. The third-order valence-corrected chi connectivity index (χ3v) is 4.61. The highest BCUT2D eigenvalue weighted by Gasteiger charge is 2.30. The van der Waals surface area contributed by atoms with Gasteiger partial charge in [0.15, 0.2) is 0 Å². The lowest BCUT2D eigenvalue weighted by Crippen LogP contribution is -2.32. The van der Waals surface area contributed by atoms with E-state index in [-0.39, 0.29) is 18.2 Å². The van der Waals surface area contributed by atoms with Crippen LogP contribution in [0.5, 0.6) is 0 Å². The molecule has 26 heavy (non-hydrogen) atoms. The molecule has 2 N–H and O–H groups in total. The molecule has 5 heteroatoms. The van der Waals surface area contributed by atoms with Gasteiger partial charge in [-0.3, -0.25) is 0 Å². The molecule has 2 aromatic carbocycles. The van der Waals surface area contributed by atoms with Crippen LogP contribution in [0.15, 0.2) is 36.4 Å². The van der Waals surface area contributed by atoms with Gasteiger partial charge >= 0.3 is 6.18 Å². The molecule has 0 saturated heterocycles. The second-order valence-corrected chi connectivity index (χ2v) is 7.03. The Kier molecular flexibility index (Phi) is 6.48. The molecule has 142 valence electrons. The molecule has 0 aliphatic carbocycles. The Morgan fingerprint density at radius 2 is 1.65 bits per heavy atom. The Balaban J connectivity index is 1.98. The van der Waals surface area contributed by atoms with Crippen molar-refractivity contribution in [3.63, 3.8) is 0 Å². The number of benzene rings is 2. The van der Waals surface area contributed by atoms with Gasteiger partial charge in [-0.25, -0.2) is 0 Å². The van der Waals surface area contributed by atoms with E-state index in [1.54, 1.807) is 0 Å². The van der Waals surface area contributed by atoms with E-state index in [4.69, 9.17) is 0 Å². The van der Waals surface area contributed by atoms with Gasteiger partial charge in [0.25, 0.3) is 0 Å². The van der Waals surface area contributed by atoms with Crippen LogP contribution < -0.4 is 5.32 Å². The number of rotatable bonds is 6. The predicted molar refractivity (Wildman–Crippen MR) is 98.2 cm³/mol. The third kappa shape index (κ3) is 5.32. The lowest BCUT2D eigenvalue weighted by molar-refractivity contribution is -0.137. The normalized spacial score (nSPS) is 14.3. The van der Waals surface area contributed by atoms with E-state index in [9.17, 15) is 18.3 Å². The van der Waals surface area contributed by atoms with Crippen LogP contribution >= 0.6 is 0 Å². The number of hydrogen-bond donors (Lipinski definition) is 2. The molecule has 0 amide bonds. The van der Waals surface area contributed by atoms with Gasteiger partial charge in [-0.1, -0.05) is 29.8 Å². The topological polar surface area (TPSA) is 32.3 Å². The summed E-state index contributed by atoms with van der Waals surface area (Å²) >= 11 is 0. The van der Waals surface area contributed by atoms with Crippen molar-refractivity contribution in [1.82, 2.24) is 5.32 Å². The van der Waals surface area contributed by atoms with Crippen molar-refractivity contribution in [1.29, 1.82) is 0 Å². The molecule has 0 aromatic heterocycles. The van der Waals surface area contributed by atoms with E-state index in [0.717, 1.165) is 18.6 Å². The Morgan fingerprint density at radius 1 is 1.04 bits per heavy atom. The molecule has 0 spiro atoms. The Labute approximate surface area is 153 Å². The van der Waals surface area contributed by atoms with E-state index in [2.05, 4.69) is 38.2 Å². The molecular weight excluding hydrogens is 339 g/mol. The zero-order valence-electron chi connectivity index (χ0n) is 15.6. The molecular formula is C21H26F3NO. The molecule has 2 unspecified atom stereocenters. The highest BCUT2D eigenvalue weighted by atomic mass is 19.4. The average molecular weight is 365 g/mol. The van der Waals surface area contributed by atoms with Crippen molar-refractivity contribution in [3.8, 4) is 0 Å². The first-order chi connectivity index (χ1) is 12.1. The van der Waals surface area contributed by atoms with Gasteiger partial charge in [-0.2, -0.15) is 13.2 Å². The minimum Gasteiger partial charge on any atom is -0.387 e. The fourth-order valence-corrected chi connectivity index (χ4v) is 3.26. The van der Waals surface area contributed by atoms with Crippen molar-refractivity contribution < 1.29 is 18.3 Å². The maximum absolute atomic E-state index is 12.8. The van der Waals surface area contributed by atoms with Crippen molar-refractivity contribution >= 4 is 0 Å². The van der Waals surface area contributed by atoms with Gasteiger partial charge in [0.05, 0.1) is 11.7 Å². The maximum Gasteiger partial charge on any atom is 0.416 e. The summed E-state index contributed by atoms with van der Waals surface area (Å²) in [5.41, 5.74) is 4.48. The summed E-state index contributed by atoms with van der Waals surface area (Å²) in [5.74, 6) is 0. The molecule has 2 aromatic rings. The summed E-state index contributed by atoms with van der Waals surface area (Å²) in [4.78, 5) is 0. The first-order valence-corrected chi connectivity index (χ1v) is 8.73. The van der Waals surface area contributed by atoms with E-state index < -0.39 is 17.8 Å². The molecule has 0 aliphatic rings. The SMILES string of the molecule is Cc1cc(C)c(CC(C)NCC(O)c2cccc(C(F)(F)F)c2)c(C)c1.